The number of hydrogen-bond acceptors (Lipinski definition) is 3. The first kappa shape index (κ1) is 18.2. The van der Waals surface area contributed by atoms with Gasteiger partial charge in [-0.15, -0.1) is 0 Å². The molecular formula is C22H20N2O3. The molecule has 0 atom stereocenters. The third kappa shape index (κ3) is 5.19. The smallest absolute Gasteiger partial charge is 0.313 e. The van der Waals surface area contributed by atoms with E-state index < -0.39 is 11.8 Å². The molecule has 5 nitrogen and oxygen atoms in total. The molecule has 2 N–H and O–H groups in total. The van der Waals surface area contributed by atoms with Gasteiger partial charge in [-0.1, -0.05) is 42.5 Å². The Bertz CT molecular complexity index is 922. The number of nitrogens with one attached hydrogen (secondary N) is 2. The van der Waals surface area contributed by atoms with Gasteiger partial charge in [0.25, 0.3) is 0 Å². The molecule has 136 valence electrons. The number of carbonyl (C=O) groups excluding carboxylic acids is 2. The molecule has 3 aromatic rings. The molecule has 0 saturated carbocycles. The fourth-order valence-electron chi connectivity index (χ4n) is 2.48. The summed E-state index contributed by atoms with van der Waals surface area (Å²) in [4.78, 5) is 24.0. The monoisotopic (exact) mass is 360 g/mol. The van der Waals surface area contributed by atoms with Gasteiger partial charge in [-0.3, -0.25) is 9.59 Å². The van der Waals surface area contributed by atoms with Gasteiger partial charge in [-0.25, -0.2) is 0 Å². The Morgan fingerprint density at radius 1 is 0.778 bits per heavy atom. The van der Waals surface area contributed by atoms with Gasteiger partial charge in [-0.05, 0) is 54.4 Å². The van der Waals surface area contributed by atoms with Crippen LogP contribution in [0.15, 0.2) is 78.9 Å². The minimum absolute atomic E-state index is 0.308. The first-order chi connectivity index (χ1) is 13.1. The van der Waals surface area contributed by atoms with Crippen molar-refractivity contribution in [2.45, 2.75) is 13.5 Å². The second kappa shape index (κ2) is 8.67. The van der Waals surface area contributed by atoms with Crippen molar-refractivity contribution in [3.8, 4) is 11.5 Å². The zero-order valence-corrected chi connectivity index (χ0v) is 14.9. The number of para-hydroxylation sites is 1. The lowest BCUT2D eigenvalue weighted by Crippen LogP contribution is -2.35. The molecule has 0 aromatic heterocycles. The Morgan fingerprint density at radius 2 is 1.41 bits per heavy atom. The van der Waals surface area contributed by atoms with E-state index in [4.69, 9.17) is 4.74 Å². The number of hydrogen-bond donors (Lipinski definition) is 2. The van der Waals surface area contributed by atoms with Crippen LogP contribution in [-0.4, -0.2) is 11.8 Å². The van der Waals surface area contributed by atoms with Crippen molar-refractivity contribution in [3.05, 3.63) is 90.0 Å². The molecule has 0 bridgehead atoms. The lowest BCUT2D eigenvalue weighted by atomic mass is 10.1. The molecule has 0 aliphatic heterocycles. The molecule has 5 heteroatoms. The van der Waals surface area contributed by atoms with E-state index in [9.17, 15) is 9.59 Å². The Balaban J connectivity index is 1.52. The Hall–Kier alpha value is -3.60. The van der Waals surface area contributed by atoms with Gasteiger partial charge in [0.1, 0.15) is 11.5 Å². The third-order valence-electron chi connectivity index (χ3n) is 4.00. The number of anilines is 1. The summed E-state index contributed by atoms with van der Waals surface area (Å²) in [5.41, 5.74) is 2.56. The fraction of sp³-hybridized carbons (Fsp3) is 0.0909. The standard InChI is InChI=1S/C22H20N2O3/c1-16-7-5-6-8-17(16)15-23-21(25)22(26)24-18-11-13-20(14-12-18)27-19-9-3-2-4-10-19/h2-14H,15H2,1H3,(H,23,25)(H,24,26). The number of rotatable bonds is 5. The van der Waals surface area contributed by atoms with Gasteiger partial charge < -0.3 is 15.4 Å². The summed E-state index contributed by atoms with van der Waals surface area (Å²) in [7, 11) is 0. The summed E-state index contributed by atoms with van der Waals surface area (Å²) in [6.45, 7) is 2.27. The van der Waals surface area contributed by atoms with Crippen LogP contribution < -0.4 is 15.4 Å². The van der Waals surface area contributed by atoms with Crippen molar-refractivity contribution in [2.24, 2.45) is 0 Å². The zero-order valence-electron chi connectivity index (χ0n) is 14.9. The number of carbonyl (C=O) groups is 2. The van der Waals surface area contributed by atoms with E-state index in [0.717, 1.165) is 16.9 Å². The first-order valence-corrected chi connectivity index (χ1v) is 8.58. The van der Waals surface area contributed by atoms with Gasteiger partial charge in [0.05, 0.1) is 0 Å². The third-order valence-corrected chi connectivity index (χ3v) is 4.00. The van der Waals surface area contributed by atoms with E-state index >= 15 is 0 Å². The van der Waals surface area contributed by atoms with Crippen LogP contribution in [-0.2, 0) is 16.1 Å². The van der Waals surface area contributed by atoms with Crippen molar-refractivity contribution in [3.63, 3.8) is 0 Å². The summed E-state index contributed by atoms with van der Waals surface area (Å²) in [6.07, 6.45) is 0. The van der Waals surface area contributed by atoms with E-state index in [0.29, 0.717) is 18.0 Å². The second-order valence-corrected chi connectivity index (χ2v) is 6.00. The van der Waals surface area contributed by atoms with Crippen LogP contribution in [0.4, 0.5) is 5.69 Å². The van der Waals surface area contributed by atoms with E-state index in [-0.39, 0.29) is 0 Å². The number of amides is 2. The highest BCUT2D eigenvalue weighted by Crippen LogP contribution is 2.22. The highest BCUT2D eigenvalue weighted by atomic mass is 16.5. The van der Waals surface area contributed by atoms with Crippen molar-refractivity contribution < 1.29 is 14.3 Å². The highest BCUT2D eigenvalue weighted by molar-refractivity contribution is 6.39. The van der Waals surface area contributed by atoms with Crippen LogP contribution >= 0.6 is 0 Å². The van der Waals surface area contributed by atoms with Crippen LogP contribution in [0, 0.1) is 6.92 Å². The van der Waals surface area contributed by atoms with Crippen LogP contribution in [0.1, 0.15) is 11.1 Å². The van der Waals surface area contributed by atoms with Crippen molar-refractivity contribution in [1.82, 2.24) is 5.32 Å². The van der Waals surface area contributed by atoms with Crippen molar-refractivity contribution in [2.75, 3.05) is 5.32 Å². The molecule has 0 heterocycles. The predicted octanol–water partition coefficient (Wildman–Crippen LogP) is 4.04. The molecule has 0 radical (unpaired) electrons. The normalized spacial score (nSPS) is 10.1. The number of benzene rings is 3. The van der Waals surface area contributed by atoms with E-state index in [2.05, 4.69) is 10.6 Å². The summed E-state index contributed by atoms with van der Waals surface area (Å²) >= 11 is 0. The van der Waals surface area contributed by atoms with E-state index in [1.807, 2.05) is 61.5 Å². The Morgan fingerprint density at radius 3 is 2.11 bits per heavy atom. The maximum absolute atomic E-state index is 12.0. The minimum Gasteiger partial charge on any atom is -0.457 e. The maximum Gasteiger partial charge on any atom is 0.313 e. The van der Waals surface area contributed by atoms with Crippen LogP contribution in [0.2, 0.25) is 0 Å². The van der Waals surface area contributed by atoms with E-state index in [1.165, 1.54) is 0 Å². The SMILES string of the molecule is Cc1ccccc1CNC(=O)C(=O)Nc1ccc(Oc2ccccc2)cc1. The second-order valence-electron chi connectivity index (χ2n) is 6.00. The maximum atomic E-state index is 12.0. The van der Waals surface area contributed by atoms with Gasteiger partial charge in [0.2, 0.25) is 0 Å². The molecular weight excluding hydrogens is 340 g/mol. The van der Waals surface area contributed by atoms with Crippen molar-refractivity contribution in [1.29, 1.82) is 0 Å². The summed E-state index contributed by atoms with van der Waals surface area (Å²) in [6, 6.07) is 23.9. The molecule has 0 unspecified atom stereocenters. The largest absolute Gasteiger partial charge is 0.457 e. The molecule has 27 heavy (non-hydrogen) atoms. The first-order valence-electron chi connectivity index (χ1n) is 8.58. The van der Waals surface area contributed by atoms with Gasteiger partial charge in [0, 0.05) is 12.2 Å². The average molecular weight is 360 g/mol. The van der Waals surface area contributed by atoms with Crippen LogP contribution in [0.3, 0.4) is 0 Å². The molecule has 3 aromatic carbocycles. The van der Waals surface area contributed by atoms with Crippen LogP contribution in [0.25, 0.3) is 0 Å². The molecule has 0 saturated heterocycles. The van der Waals surface area contributed by atoms with Gasteiger partial charge in [-0.2, -0.15) is 0 Å². The predicted molar refractivity (Wildman–Crippen MR) is 105 cm³/mol. The Labute approximate surface area is 158 Å². The summed E-state index contributed by atoms with van der Waals surface area (Å²) < 4.78 is 5.69. The lowest BCUT2D eigenvalue weighted by Gasteiger charge is -2.09. The zero-order chi connectivity index (χ0) is 19.1. The quantitative estimate of drug-likeness (QED) is 0.675. The molecule has 0 spiro atoms. The molecule has 2 amide bonds. The lowest BCUT2D eigenvalue weighted by molar-refractivity contribution is -0.136. The topological polar surface area (TPSA) is 67.4 Å². The number of aryl methyl sites for hydroxylation is 1. The highest BCUT2D eigenvalue weighted by Gasteiger charge is 2.13. The molecule has 0 aliphatic carbocycles. The Kier molecular flexibility index (Phi) is 5.84. The molecule has 0 aliphatic rings. The summed E-state index contributed by atoms with van der Waals surface area (Å²) in [5.74, 6) is -0.0174. The van der Waals surface area contributed by atoms with Crippen molar-refractivity contribution >= 4 is 17.5 Å². The number of ether oxygens (including phenoxy) is 1. The van der Waals surface area contributed by atoms with Crippen LogP contribution in [0.5, 0.6) is 11.5 Å². The molecule has 3 rings (SSSR count). The van der Waals surface area contributed by atoms with E-state index in [1.54, 1.807) is 24.3 Å². The van der Waals surface area contributed by atoms with Gasteiger partial charge in [0.15, 0.2) is 0 Å². The van der Waals surface area contributed by atoms with Gasteiger partial charge >= 0.3 is 11.8 Å². The summed E-state index contributed by atoms with van der Waals surface area (Å²) in [5, 5.41) is 5.21. The average Bonchev–Trinajstić information content (AvgIpc) is 2.69. The minimum atomic E-state index is -0.708. The molecule has 0 fully saturated rings. The fourth-order valence-corrected chi connectivity index (χ4v) is 2.48.